The van der Waals surface area contributed by atoms with E-state index in [1.54, 1.807) is 11.8 Å². The molecular weight excluding hydrogens is 368 g/mol. The molecule has 1 saturated heterocycles. The molecule has 0 aromatic heterocycles. The van der Waals surface area contributed by atoms with Crippen LogP contribution in [0.3, 0.4) is 0 Å². The molecule has 4 aliphatic carbocycles. The third-order valence-electron chi connectivity index (χ3n) is 7.70. The molecule has 5 fully saturated rings. The van der Waals surface area contributed by atoms with Crippen molar-refractivity contribution in [2.45, 2.75) is 83.7 Å². The average molecular weight is 405 g/mol. The first-order valence-electron chi connectivity index (χ1n) is 11.7. The minimum Gasteiger partial charge on any atom is -0.451 e. The lowest BCUT2D eigenvalue weighted by Gasteiger charge is -2.56. The molecule has 5 aliphatic rings. The third kappa shape index (κ3) is 4.95. The Morgan fingerprint density at radius 1 is 0.966 bits per heavy atom. The summed E-state index contributed by atoms with van der Waals surface area (Å²) in [4.78, 5) is 39.0. The van der Waals surface area contributed by atoms with Gasteiger partial charge < -0.3 is 15.0 Å². The van der Waals surface area contributed by atoms with Crippen molar-refractivity contribution >= 4 is 17.8 Å². The fourth-order valence-corrected chi connectivity index (χ4v) is 6.92. The predicted octanol–water partition coefficient (Wildman–Crippen LogP) is 3.04. The minimum atomic E-state index is -0.791. The highest BCUT2D eigenvalue weighted by Crippen LogP contribution is 2.61. The maximum atomic E-state index is 12.5. The Bertz CT molecular complexity index is 604. The standard InChI is InChI=1S/C23H36N2O4/c1-16(22(28)25-6-4-2-3-5-7-25)29-21(27)15-24-20(26)14-23-11-17-8-18(12-23)10-19(9-17)13-23/h16-19H,2-15H2,1H3,(H,24,26)/t16-,17?,18?,19?,23?/m1/s1. The fraction of sp³-hybridized carbons (Fsp3) is 0.870. The zero-order valence-electron chi connectivity index (χ0n) is 17.8. The van der Waals surface area contributed by atoms with Crippen LogP contribution in [0.4, 0.5) is 0 Å². The molecule has 1 N–H and O–H groups in total. The van der Waals surface area contributed by atoms with E-state index in [4.69, 9.17) is 4.74 Å². The van der Waals surface area contributed by atoms with Gasteiger partial charge in [0, 0.05) is 19.5 Å². The quantitative estimate of drug-likeness (QED) is 0.691. The van der Waals surface area contributed by atoms with Gasteiger partial charge in [-0.3, -0.25) is 14.4 Å². The van der Waals surface area contributed by atoms with Gasteiger partial charge >= 0.3 is 5.97 Å². The van der Waals surface area contributed by atoms with Gasteiger partial charge in [-0.2, -0.15) is 0 Å². The highest BCUT2D eigenvalue weighted by molar-refractivity contribution is 5.86. The van der Waals surface area contributed by atoms with Crippen molar-refractivity contribution in [2.24, 2.45) is 23.2 Å². The summed E-state index contributed by atoms with van der Waals surface area (Å²) in [6.45, 7) is 2.95. The van der Waals surface area contributed by atoms with Crippen molar-refractivity contribution in [3.05, 3.63) is 0 Å². The second kappa shape index (κ2) is 8.65. The van der Waals surface area contributed by atoms with Crippen LogP contribution in [0.5, 0.6) is 0 Å². The molecule has 1 heterocycles. The Morgan fingerprint density at radius 2 is 1.52 bits per heavy atom. The topological polar surface area (TPSA) is 75.7 Å². The summed E-state index contributed by atoms with van der Waals surface area (Å²) in [6.07, 6.45) is 11.7. The van der Waals surface area contributed by atoms with Crippen LogP contribution in [0.15, 0.2) is 0 Å². The van der Waals surface area contributed by atoms with E-state index in [0.717, 1.165) is 56.5 Å². The number of hydrogen-bond acceptors (Lipinski definition) is 4. The molecule has 0 aromatic carbocycles. The number of hydrogen-bond donors (Lipinski definition) is 1. The van der Waals surface area contributed by atoms with Crippen molar-refractivity contribution in [2.75, 3.05) is 19.6 Å². The molecule has 29 heavy (non-hydrogen) atoms. The summed E-state index contributed by atoms with van der Waals surface area (Å²) < 4.78 is 5.31. The number of nitrogens with one attached hydrogen (secondary N) is 1. The molecule has 0 radical (unpaired) electrons. The first-order valence-corrected chi connectivity index (χ1v) is 11.7. The first kappa shape index (κ1) is 20.7. The van der Waals surface area contributed by atoms with Gasteiger partial charge in [0.25, 0.3) is 5.91 Å². The Kier molecular flexibility index (Phi) is 6.16. The lowest BCUT2D eigenvalue weighted by atomic mass is 9.49. The fourth-order valence-electron chi connectivity index (χ4n) is 6.92. The number of nitrogens with zero attached hydrogens (tertiary/aromatic N) is 1. The number of amides is 2. The molecule has 2 amide bonds. The van der Waals surface area contributed by atoms with Gasteiger partial charge in [-0.1, -0.05) is 12.8 Å². The summed E-state index contributed by atoms with van der Waals surface area (Å²) in [6, 6.07) is 0. The Balaban J connectivity index is 1.20. The van der Waals surface area contributed by atoms with E-state index in [-0.39, 0.29) is 23.8 Å². The van der Waals surface area contributed by atoms with Crippen molar-refractivity contribution in [3.8, 4) is 0 Å². The Labute approximate surface area is 174 Å². The van der Waals surface area contributed by atoms with Gasteiger partial charge in [0.05, 0.1) is 0 Å². The number of esters is 1. The third-order valence-corrected chi connectivity index (χ3v) is 7.70. The lowest BCUT2D eigenvalue weighted by molar-refractivity contribution is -0.158. The zero-order valence-corrected chi connectivity index (χ0v) is 17.8. The van der Waals surface area contributed by atoms with Crippen LogP contribution in [0.1, 0.15) is 77.6 Å². The number of carbonyl (C=O) groups excluding carboxylic acids is 3. The van der Waals surface area contributed by atoms with Crippen LogP contribution in [0, 0.1) is 23.2 Å². The van der Waals surface area contributed by atoms with Gasteiger partial charge in [0.1, 0.15) is 6.54 Å². The molecule has 6 nitrogen and oxygen atoms in total. The monoisotopic (exact) mass is 404 g/mol. The first-order chi connectivity index (χ1) is 13.9. The molecule has 1 aliphatic heterocycles. The van der Waals surface area contributed by atoms with Crippen LogP contribution in [-0.4, -0.2) is 48.4 Å². The number of ether oxygens (including phenoxy) is 1. The number of likely N-dealkylation sites (tertiary alicyclic amines) is 1. The van der Waals surface area contributed by atoms with Gasteiger partial charge in [-0.05, 0) is 81.5 Å². The molecule has 0 unspecified atom stereocenters. The summed E-state index contributed by atoms with van der Waals surface area (Å²) in [7, 11) is 0. The summed E-state index contributed by atoms with van der Waals surface area (Å²) in [5, 5.41) is 2.75. The van der Waals surface area contributed by atoms with Crippen LogP contribution in [0.25, 0.3) is 0 Å². The van der Waals surface area contributed by atoms with Gasteiger partial charge in [-0.25, -0.2) is 0 Å². The second-order valence-corrected chi connectivity index (χ2v) is 10.2. The second-order valence-electron chi connectivity index (χ2n) is 10.2. The number of carbonyl (C=O) groups is 3. The minimum absolute atomic E-state index is 0.0459. The average Bonchev–Trinajstić information content (AvgIpc) is 2.93. The molecule has 6 heteroatoms. The van der Waals surface area contributed by atoms with E-state index in [2.05, 4.69) is 5.32 Å². The zero-order chi connectivity index (χ0) is 20.4. The van der Waals surface area contributed by atoms with Crippen molar-refractivity contribution < 1.29 is 19.1 Å². The Hall–Kier alpha value is -1.59. The molecule has 5 rings (SSSR count). The highest BCUT2D eigenvalue weighted by atomic mass is 16.5. The molecule has 0 spiro atoms. The number of rotatable bonds is 6. The van der Waals surface area contributed by atoms with Crippen molar-refractivity contribution in [1.82, 2.24) is 10.2 Å². The predicted molar refractivity (Wildman–Crippen MR) is 109 cm³/mol. The SMILES string of the molecule is C[C@@H](OC(=O)CNC(=O)CC12CC3CC(CC(C3)C1)C2)C(=O)N1CCCCCC1. The van der Waals surface area contributed by atoms with E-state index in [1.165, 1.54) is 38.5 Å². The molecule has 4 saturated carbocycles. The van der Waals surface area contributed by atoms with E-state index >= 15 is 0 Å². The van der Waals surface area contributed by atoms with Gasteiger partial charge in [-0.15, -0.1) is 0 Å². The molecule has 162 valence electrons. The Morgan fingerprint density at radius 3 is 2.07 bits per heavy atom. The maximum Gasteiger partial charge on any atom is 0.326 e. The molecular formula is C23H36N2O4. The summed E-state index contributed by atoms with van der Waals surface area (Å²) >= 11 is 0. The van der Waals surface area contributed by atoms with Crippen LogP contribution in [-0.2, 0) is 19.1 Å². The highest BCUT2D eigenvalue weighted by Gasteiger charge is 2.51. The maximum absolute atomic E-state index is 12.5. The van der Waals surface area contributed by atoms with Gasteiger partial charge in [0.15, 0.2) is 6.10 Å². The largest absolute Gasteiger partial charge is 0.451 e. The van der Waals surface area contributed by atoms with E-state index < -0.39 is 12.1 Å². The van der Waals surface area contributed by atoms with Crippen LogP contribution >= 0.6 is 0 Å². The van der Waals surface area contributed by atoms with Gasteiger partial charge in [0.2, 0.25) is 5.91 Å². The van der Waals surface area contributed by atoms with E-state index in [0.29, 0.717) is 6.42 Å². The molecule has 4 bridgehead atoms. The van der Waals surface area contributed by atoms with Crippen LogP contribution < -0.4 is 5.32 Å². The molecule has 1 atom stereocenters. The lowest BCUT2D eigenvalue weighted by Crippen LogP contribution is -2.48. The van der Waals surface area contributed by atoms with Crippen molar-refractivity contribution in [3.63, 3.8) is 0 Å². The smallest absolute Gasteiger partial charge is 0.326 e. The normalized spacial score (nSPS) is 34.4. The summed E-state index contributed by atoms with van der Waals surface area (Å²) in [5.41, 5.74) is 0.165. The van der Waals surface area contributed by atoms with Crippen molar-refractivity contribution in [1.29, 1.82) is 0 Å². The summed E-state index contributed by atoms with van der Waals surface area (Å²) in [5.74, 6) is 1.73. The van der Waals surface area contributed by atoms with E-state index in [9.17, 15) is 14.4 Å². The van der Waals surface area contributed by atoms with Crippen LogP contribution in [0.2, 0.25) is 0 Å². The van der Waals surface area contributed by atoms with E-state index in [1.807, 2.05) is 0 Å². The molecule has 0 aromatic rings.